The number of fused-ring (bicyclic) bond motifs is 1. The van der Waals surface area contributed by atoms with Crippen molar-refractivity contribution in [3.05, 3.63) is 36.2 Å². The van der Waals surface area contributed by atoms with E-state index in [4.69, 9.17) is 0 Å². The van der Waals surface area contributed by atoms with Crippen molar-refractivity contribution >= 4 is 16.6 Å². The van der Waals surface area contributed by atoms with Gasteiger partial charge >= 0.3 is 0 Å². The molecule has 0 amide bonds. The van der Waals surface area contributed by atoms with Crippen LogP contribution in [-0.4, -0.2) is 40.4 Å². The second-order valence-electron chi connectivity index (χ2n) is 6.01. The van der Waals surface area contributed by atoms with Crippen molar-refractivity contribution < 1.29 is 8.78 Å². The van der Waals surface area contributed by atoms with Crippen molar-refractivity contribution in [2.24, 2.45) is 5.92 Å². The molecule has 0 aromatic carbocycles. The van der Waals surface area contributed by atoms with E-state index in [2.05, 4.69) is 23.0 Å². The number of hydrogen-bond acceptors (Lipinski definition) is 2. The lowest BCUT2D eigenvalue weighted by Crippen LogP contribution is -2.40. The minimum Gasteiger partial charge on any atom is -0.346 e. The van der Waals surface area contributed by atoms with Crippen LogP contribution in [0.3, 0.4) is 0 Å². The summed E-state index contributed by atoms with van der Waals surface area (Å²) < 4.78 is 26.6. The molecule has 1 aliphatic rings. The predicted octanol–water partition coefficient (Wildman–Crippen LogP) is 3.55. The van der Waals surface area contributed by atoms with Crippen LogP contribution in [0.5, 0.6) is 0 Å². The van der Waals surface area contributed by atoms with Gasteiger partial charge in [-0.25, -0.2) is 13.8 Å². The van der Waals surface area contributed by atoms with Gasteiger partial charge in [0.2, 0.25) is 0 Å². The van der Waals surface area contributed by atoms with E-state index in [0.29, 0.717) is 13.1 Å². The first kappa shape index (κ1) is 14.2. The molecule has 3 heterocycles. The molecule has 1 N–H and O–H groups in total. The topological polar surface area (TPSA) is 31.9 Å². The van der Waals surface area contributed by atoms with E-state index < -0.39 is 5.92 Å². The Kier molecular flexibility index (Phi) is 3.53. The number of halogens is 2. The highest BCUT2D eigenvalue weighted by Gasteiger charge is 2.29. The zero-order valence-electron chi connectivity index (χ0n) is 12.2. The molecule has 0 saturated carbocycles. The number of alkyl halides is 2. The number of nitrogens with zero attached hydrogens (tertiary/aromatic N) is 2. The molecular formula is C16H19F2N3. The Morgan fingerprint density at radius 2 is 2.29 bits per heavy atom. The monoisotopic (exact) mass is 291 g/mol. The van der Waals surface area contributed by atoms with Crippen LogP contribution in [-0.2, 0) is 0 Å². The van der Waals surface area contributed by atoms with Gasteiger partial charge in [-0.1, -0.05) is 13.0 Å². The predicted molar refractivity (Wildman–Crippen MR) is 80.3 cm³/mol. The summed E-state index contributed by atoms with van der Waals surface area (Å²) in [7, 11) is 0. The molecule has 5 heteroatoms. The highest BCUT2D eigenvalue weighted by atomic mass is 19.3. The van der Waals surface area contributed by atoms with Crippen molar-refractivity contribution in [1.29, 1.82) is 0 Å². The minimum absolute atomic E-state index is 0.199. The number of aromatic amines is 1. The molecule has 0 bridgehead atoms. The summed E-state index contributed by atoms with van der Waals surface area (Å²) >= 11 is 0. The quantitative estimate of drug-likeness (QED) is 0.937. The maximum atomic E-state index is 13.3. The Morgan fingerprint density at radius 1 is 1.48 bits per heavy atom. The molecular weight excluding hydrogens is 272 g/mol. The molecule has 1 aliphatic heterocycles. The van der Waals surface area contributed by atoms with Gasteiger partial charge in [0.15, 0.2) is 0 Å². The lowest BCUT2D eigenvalue weighted by Gasteiger charge is -2.32. The van der Waals surface area contributed by atoms with E-state index in [0.717, 1.165) is 29.1 Å². The van der Waals surface area contributed by atoms with E-state index in [1.54, 1.807) is 6.20 Å². The Balaban J connectivity index is 1.91. The normalized spacial score (nSPS) is 20.8. The third kappa shape index (κ3) is 3.13. The maximum Gasteiger partial charge on any atom is 0.257 e. The van der Waals surface area contributed by atoms with Crippen LogP contribution in [0, 0.1) is 5.92 Å². The molecule has 21 heavy (non-hydrogen) atoms. The van der Waals surface area contributed by atoms with Gasteiger partial charge in [0.1, 0.15) is 5.65 Å². The molecule has 0 spiro atoms. The fourth-order valence-electron chi connectivity index (χ4n) is 3.07. The summed E-state index contributed by atoms with van der Waals surface area (Å²) in [5, 5.41) is 1.04. The third-order valence-electron chi connectivity index (χ3n) is 3.72. The summed E-state index contributed by atoms with van der Waals surface area (Å²) in [5.41, 5.74) is 2.99. The highest BCUT2D eigenvalue weighted by molar-refractivity contribution is 5.91. The van der Waals surface area contributed by atoms with Gasteiger partial charge < -0.3 is 4.98 Å². The Labute approximate surface area is 122 Å². The third-order valence-corrected chi connectivity index (χ3v) is 3.72. The second kappa shape index (κ2) is 5.22. The minimum atomic E-state index is -2.66. The van der Waals surface area contributed by atoms with Gasteiger partial charge in [-0.2, -0.15) is 0 Å². The number of hydrogen-bond donors (Lipinski definition) is 1. The molecule has 3 rings (SSSR count). The van der Waals surface area contributed by atoms with Crippen molar-refractivity contribution in [1.82, 2.24) is 14.9 Å². The second-order valence-corrected chi connectivity index (χ2v) is 6.01. The summed E-state index contributed by atoms with van der Waals surface area (Å²) in [4.78, 5) is 9.25. The fourth-order valence-corrected chi connectivity index (χ4v) is 3.07. The van der Waals surface area contributed by atoms with Gasteiger partial charge in [-0.15, -0.1) is 0 Å². The van der Waals surface area contributed by atoms with Crippen LogP contribution in [0.1, 0.15) is 19.4 Å². The van der Waals surface area contributed by atoms with Crippen LogP contribution < -0.4 is 0 Å². The fraction of sp³-hybridized carbons (Fsp3) is 0.438. The first-order valence-corrected chi connectivity index (χ1v) is 7.16. The van der Waals surface area contributed by atoms with Gasteiger partial charge in [-0.3, -0.25) is 4.90 Å². The van der Waals surface area contributed by atoms with E-state index >= 15 is 0 Å². The van der Waals surface area contributed by atoms with E-state index in [-0.39, 0.29) is 12.5 Å². The first-order valence-electron chi connectivity index (χ1n) is 7.16. The van der Waals surface area contributed by atoms with Crippen molar-refractivity contribution in [3.8, 4) is 0 Å². The average Bonchev–Trinajstić information content (AvgIpc) is 2.79. The molecule has 1 atom stereocenters. The molecule has 0 aliphatic carbocycles. The smallest absolute Gasteiger partial charge is 0.257 e. The van der Waals surface area contributed by atoms with Crippen LogP contribution in [0.15, 0.2) is 30.6 Å². The average molecular weight is 291 g/mol. The van der Waals surface area contributed by atoms with Crippen molar-refractivity contribution in [2.75, 3.05) is 19.6 Å². The van der Waals surface area contributed by atoms with E-state index in [9.17, 15) is 8.78 Å². The number of aromatic nitrogens is 2. The van der Waals surface area contributed by atoms with E-state index in [1.807, 2.05) is 23.2 Å². The number of pyridine rings is 1. The zero-order valence-corrected chi connectivity index (χ0v) is 12.2. The standard InChI is InChI=1S/C16H19F2N3/c1-11-6-12(9-21(8-11)10-16(2,17)18)14-7-20-15-13(14)4-3-5-19-15/h3-7,11H,8-10H2,1-2H3,(H,19,20)/t11-/m0/s1. The number of rotatable bonds is 3. The summed E-state index contributed by atoms with van der Waals surface area (Å²) in [6.07, 6.45) is 5.84. The summed E-state index contributed by atoms with van der Waals surface area (Å²) in [6, 6.07) is 3.90. The molecule has 3 nitrogen and oxygen atoms in total. The Morgan fingerprint density at radius 3 is 3.05 bits per heavy atom. The number of H-pyrrole nitrogens is 1. The molecule has 112 valence electrons. The SMILES string of the molecule is C[C@H]1C=C(c2c[nH]c3ncccc23)CN(CC(C)(F)F)C1. The van der Waals surface area contributed by atoms with Gasteiger partial charge in [-0.05, 0) is 23.6 Å². The van der Waals surface area contributed by atoms with Crippen LogP contribution >= 0.6 is 0 Å². The lowest BCUT2D eigenvalue weighted by atomic mass is 9.96. The molecule has 0 fully saturated rings. The maximum absolute atomic E-state index is 13.3. The van der Waals surface area contributed by atoms with Gasteiger partial charge in [0, 0.05) is 43.4 Å². The van der Waals surface area contributed by atoms with Crippen LogP contribution in [0.25, 0.3) is 16.6 Å². The number of nitrogens with one attached hydrogen (secondary N) is 1. The van der Waals surface area contributed by atoms with Crippen LogP contribution in [0.2, 0.25) is 0 Å². The first-order chi connectivity index (χ1) is 9.92. The molecule has 2 aromatic rings. The highest BCUT2D eigenvalue weighted by Crippen LogP contribution is 2.29. The molecule has 2 aromatic heterocycles. The Hall–Kier alpha value is -1.75. The zero-order chi connectivity index (χ0) is 15.0. The molecule has 0 unspecified atom stereocenters. The van der Waals surface area contributed by atoms with Gasteiger partial charge in [0.25, 0.3) is 5.92 Å². The Bertz CT molecular complexity index is 669. The van der Waals surface area contributed by atoms with Crippen molar-refractivity contribution in [3.63, 3.8) is 0 Å². The largest absolute Gasteiger partial charge is 0.346 e. The lowest BCUT2D eigenvalue weighted by molar-refractivity contribution is -0.0137. The molecule has 0 radical (unpaired) electrons. The van der Waals surface area contributed by atoms with Gasteiger partial charge in [0.05, 0.1) is 6.54 Å². The van der Waals surface area contributed by atoms with Crippen LogP contribution in [0.4, 0.5) is 8.78 Å². The summed E-state index contributed by atoms with van der Waals surface area (Å²) in [5.74, 6) is -2.40. The van der Waals surface area contributed by atoms with E-state index in [1.165, 1.54) is 0 Å². The molecule has 0 saturated heterocycles. The summed E-state index contributed by atoms with van der Waals surface area (Å²) in [6.45, 7) is 4.07. The van der Waals surface area contributed by atoms with Crippen molar-refractivity contribution in [2.45, 2.75) is 19.8 Å².